The Balaban J connectivity index is 1.54. The van der Waals surface area contributed by atoms with Crippen LogP contribution in [0.3, 0.4) is 0 Å². The fourth-order valence-corrected chi connectivity index (χ4v) is 4.54. The molecule has 27 heavy (non-hydrogen) atoms. The van der Waals surface area contributed by atoms with Crippen molar-refractivity contribution in [3.8, 4) is 5.75 Å². The SMILES string of the molecule is CC(=O)N1CCC2(CC1)Oc1ccccc1[C@@H]1CC(c3ccccc3)=NN12. The molecule has 1 saturated heterocycles. The van der Waals surface area contributed by atoms with Gasteiger partial charge < -0.3 is 9.64 Å². The second kappa shape index (κ2) is 6.12. The summed E-state index contributed by atoms with van der Waals surface area (Å²) in [6, 6.07) is 18.9. The molecular weight excluding hydrogens is 338 g/mol. The van der Waals surface area contributed by atoms with Gasteiger partial charge in [0, 0.05) is 44.8 Å². The molecule has 3 aliphatic heterocycles. The summed E-state index contributed by atoms with van der Waals surface area (Å²) in [5.41, 5.74) is 3.00. The molecular formula is C22H23N3O2. The van der Waals surface area contributed by atoms with Crippen LogP contribution in [0.25, 0.3) is 0 Å². The van der Waals surface area contributed by atoms with Crippen LogP contribution in [0.5, 0.6) is 5.75 Å². The van der Waals surface area contributed by atoms with E-state index in [-0.39, 0.29) is 11.9 Å². The zero-order valence-corrected chi connectivity index (χ0v) is 15.5. The first-order valence-electron chi connectivity index (χ1n) is 9.62. The van der Waals surface area contributed by atoms with Gasteiger partial charge in [0.25, 0.3) is 0 Å². The summed E-state index contributed by atoms with van der Waals surface area (Å²) in [7, 11) is 0. The molecule has 3 aliphatic rings. The van der Waals surface area contributed by atoms with Gasteiger partial charge in [-0.25, -0.2) is 5.01 Å². The average Bonchev–Trinajstić information content (AvgIpc) is 3.16. The lowest BCUT2D eigenvalue weighted by Gasteiger charge is -2.51. The van der Waals surface area contributed by atoms with E-state index in [9.17, 15) is 4.79 Å². The van der Waals surface area contributed by atoms with Crippen LogP contribution in [0.1, 0.15) is 43.4 Å². The number of ether oxygens (including phenoxy) is 1. The van der Waals surface area contributed by atoms with Gasteiger partial charge in [-0.3, -0.25) is 4.79 Å². The maximum absolute atomic E-state index is 11.8. The predicted octanol–water partition coefficient (Wildman–Crippen LogP) is 3.57. The van der Waals surface area contributed by atoms with Crippen molar-refractivity contribution in [2.75, 3.05) is 13.1 Å². The summed E-state index contributed by atoms with van der Waals surface area (Å²) in [6.07, 6.45) is 2.41. The van der Waals surface area contributed by atoms with Crippen molar-refractivity contribution in [3.05, 3.63) is 65.7 Å². The third kappa shape index (κ3) is 2.60. The lowest BCUT2D eigenvalue weighted by molar-refractivity contribution is -0.158. The molecule has 5 nitrogen and oxygen atoms in total. The van der Waals surface area contributed by atoms with E-state index in [1.165, 1.54) is 11.1 Å². The van der Waals surface area contributed by atoms with Gasteiger partial charge in [0.05, 0.1) is 11.8 Å². The minimum Gasteiger partial charge on any atom is -0.466 e. The number of likely N-dealkylation sites (tertiary alicyclic amines) is 1. The second-order valence-corrected chi connectivity index (χ2v) is 7.57. The van der Waals surface area contributed by atoms with Crippen LogP contribution < -0.4 is 4.74 Å². The zero-order valence-electron chi connectivity index (χ0n) is 15.5. The van der Waals surface area contributed by atoms with Crippen LogP contribution in [-0.4, -0.2) is 40.3 Å². The standard InChI is InChI=1S/C22H23N3O2/c1-16(26)24-13-11-22(12-14-24)25-20(18-9-5-6-10-21(18)27-22)15-19(23-25)17-7-3-2-4-8-17/h2-10,20H,11-15H2,1H3/t20-/m0/s1. The second-order valence-electron chi connectivity index (χ2n) is 7.57. The smallest absolute Gasteiger partial charge is 0.219 e. The molecule has 2 aromatic rings. The topological polar surface area (TPSA) is 45.1 Å². The van der Waals surface area contributed by atoms with Gasteiger partial charge in [-0.2, -0.15) is 5.10 Å². The van der Waals surface area contributed by atoms with E-state index in [2.05, 4.69) is 47.5 Å². The van der Waals surface area contributed by atoms with Crippen molar-refractivity contribution in [2.45, 2.75) is 38.0 Å². The number of amides is 1. The summed E-state index contributed by atoms with van der Waals surface area (Å²) in [5.74, 6) is 1.09. The van der Waals surface area contributed by atoms with E-state index >= 15 is 0 Å². The molecule has 0 aliphatic carbocycles. The molecule has 0 aromatic heterocycles. The Kier molecular flexibility index (Phi) is 3.71. The predicted molar refractivity (Wildman–Crippen MR) is 103 cm³/mol. The fourth-order valence-electron chi connectivity index (χ4n) is 4.54. The minimum absolute atomic E-state index is 0.132. The normalized spacial score (nSPS) is 22.7. The minimum atomic E-state index is -0.471. The van der Waals surface area contributed by atoms with Crippen molar-refractivity contribution in [1.82, 2.24) is 9.91 Å². The van der Waals surface area contributed by atoms with Gasteiger partial charge >= 0.3 is 0 Å². The van der Waals surface area contributed by atoms with Gasteiger partial charge in [0.15, 0.2) is 0 Å². The Labute approximate surface area is 159 Å². The van der Waals surface area contributed by atoms with E-state index in [4.69, 9.17) is 9.84 Å². The van der Waals surface area contributed by atoms with Crippen LogP contribution in [-0.2, 0) is 4.79 Å². The molecule has 1 amide bonds. The van der Waals surface area contributed by atoms with Gasteiger partial charge in [-0.1, -0.05) is 48.5 Å². The molecule has 3 heterocycles. The molecule has 1 spiro atoms. The first-order chi connectivity index (χ1) is 13.2. The molecule has 0 N–H and O–H groups in total. The van der Waals surface area contributed by atoms with Crippen LogP contribution >= 0.6 is 0 Å². The third-order valence-electron chi connectivity index (χ3n) is 6.00. The highest BCUT2D eigenvalue weighted by Crippen LogP contribution is 2.49. The number of hydrogen-bond acceptors (Lipinski definition) is 4. The maximum Gasteiger partial charge on any atom is 0.219 e. The Bertz CT molecular complexity index is 901. The Morgan fingerprint density at radius 2 is 1.78 bits per heavy atom. The number of carbonyl (C=O) groups excluding carboxylic acids is 1. The highest BCUT2D eigenvalue weighted by Gasteiger charge is 2.51. The number of carbonyl (C=O) groups is 1. The number of benzene rings is 2. The summed E-state index contributed by atoms with van der Waals surface area (Å²) in [5, 5.41) is 7.24. The number of para-hydroxylation sites is 1. The van der Waals surface area contributed by atoms with Crippen molar-refractivity contribution >= 4 is 11.6 Å². The summed E-state index contributed by atoms with van der Waals surface area (Å²) >= 11 is 0. The van der Waals surface area contributed by atoms with Crippen LogP contribution in [0.15, 0.2) is 59.7 Å². The number of fused-ring (bicyclic) bond motifs is 4. The summed E-state index contributed by atoms with van der Waals surface area (Å²) < 4.78 is 6.57. The lowest BCUT2D eigenvalue weighted by Crippen LogP contribution is -2.59. The fraction of sp³-hybridized carbons (Fsp3) is 0.364. The molecule has 138 valence electrons. The van der Waals surface area contributed by atoms with Crippen molar-refractivity contribution in [1.29, 1.82) is 0 Å². The average molecular weight is 361 g/mol. The van der Waals surface area contributed by atoms with Crippen molar-refractivity contribution in [3.63, 3.8) is 0 Å². The van der Waals surface area contributed by atoms with E-state index < -0.39 is 5.72 Å². The number of piperidine rings is 1. The molecule has 0 saturated carbocycles. The van der Waals surface area contributed by atoms with E-state index in [1.54, 1.807) is 6.92 Å². The number of rotatable bonds is 1. The molecule has 1 fully saturated rings. The van der Waals surface area contributed by atoms with E-state index in [0.29, 0.717) is 13.1 Å². The largest absolute Gasteiger partial charge is 0.466 e. The number of hydrazone groups is 1. The Morgan fingerprint density at radius 3 is 2.52 bits per heavy atom. The molecule has 5 heteroatoms. The van der Waals surface area contributed by atoms with E-state index in [0.717, 1.165) is 30.7 Å². The number of nitrogens with zero attached hydrogens (tertiary/aromatic N) is 3. The highest BCUT2D eigenvalue weighted by atomic mass is 16.5. The van der Waals surface area contributed by atoms with E-state index in [1.807, 2.05) is 17.0 Å². The molecule has 0 radical (unpaired) electrons. The quantitative estimate of drug-likeness (QED) is 0.780. The van der Waals surface area contributed by atoms with Gasteiger partial charge in [-0.05, 0) is 11.6 Å². The summed E-state index contributed by atoms with van der Waals surface area (Å²) in [4.78, 5) is 13.7. The van der Waals surface area contributed by atoms with Gasteiger partial charge in [0.1, 0.15) is 5.75 Å². The lowest BCUT2D eigenvalue weighted by atomic mass is 9.90. The molecule has 0 bridgehead atoms. The summed E-state index contributed by atoms with van der Waals surface area (Å²) in [6.45, 7) is 3.05. The van der Waals surface area contributed by atoms with Gasteiger partial charge in [-0.15, -0.1) is 0 Å². The maximum atomic E-state index is 11.8. The number of hydrogen-bond donors (Lipinski definition) is 0. The van der Waals surface area contributed by atoms with Crippen LogP contribution in [0.2, 0.25) is 0 Å². The molecule has 5 rings (SSSR count). The first-order valence-corrected chi connectivity index (χ1v) is 9.62. The van der Waals surface area contributed by atoms with Crippen molar-refractivity contribution in [2.24, 2.45) is 5.10 Å². The Hall–Kier alpha value is -2.82. The monoisotopic (exact) mass is 361 g/mol. The highest BCUT2D eigenvalue weighted by molar-refractivity contribution is 6.01. The first kappa shape index (κ1) is 16.4. The molecule has 2 aromatic carbocycles. The van der Waals surface area contributed by atoms with Crippen LogP contribution in [0, 0.1) is 0 Å². The van der Waals surface area contributed by atoms with Crippen LogP contribution in [0.4, 0.5) is 0 Å². The third-order valence-corrected chi connectivity index (χ3v) is 6.00. The van der Waals surface area contributed by atoms with Crippen molar-refractivity contribution < 1.29 is 9.53 Å². The van der Waals surface area contributed by atoms with Gasteiger partial charge in [0.2, 0.25) is 11.6 Å². The Morgan fingerprint density at radius 1 is 1.07 bits per heavy atom. The molecule has 1 atom stereocenters. The zero-order chi connectivity index (χ0) is 18.4. The molecule has 0 unspecified atom stereocenters.